The molecule has 0 amide bonds. The summed E-state index contributed by atoms with van der Waals surface area (Å²) in [5.41, 5.74) is 0.835. The molecule has 2 rings (SSSR count). The smallest absolute Gasteiger partial charge is 0.336 e. The van der Waals surface area contributed by atoms with Crippen molar-refractivity contribution < 1.29 is 22.7 Å². The molecule has 1 heterocycles. The highest BCUT2D eigenvalue weighted by molar-refractivity contribution is 7.89. The molecule has 0 radical (unpaired) electrons. The molecule has 1 aliphatic rings. The molecule has 0 aromatic heterocycles. The lowest BCUT2D eigenvalue weighted by atomic mass is 10.2. The van der Waals surface area contributed by atoms with Gasteiger partial charge in [-0.2, -0.15) is 0 Å². The molecule has 1 aromatic rings. The van der Waals surface area contributed by atoms with E-state index in [9.17, 15) is 13.2 Å². The van der Waals surface area contributed by atoms with E-state index in [0.29, 0.717) is 19.7 Å². The number of carbonyl (C=O) groups excluding carboxylic acids is 1. The van der Waals surface area contributed by atoms with Crippen molar-refractivity contribution in [2.24, 2.45) is 0 Å². The highest BCUT2D eigenvalue weighted by Crippen LogP contribution is 2.20. The van der Waals surface area contributed by atoms with Gasteiger partial charge in [0.05, 0.1) is 25.2 Å². The van der Waals surface area contributed by atoms with Crippen LogP contribution in [0.25, 0.3) is 0 Å². The summed E-state index contributed by atoms with van der Waals surface area (Å²) < 4.78 is 35.6. The fourth-order valence-electron chi connectivity index (χ4n) is 2.11. The third kappa shape index (κ3) is 3.52. The summed E-state index contributed by atoms with van der Waals surface area (Å²) >= 11 is 0. The average molecular weight is 314 g/mol. The number of carbonyl (C=O) groups is 1. The van der Waals surface area contributed by atoms with Gasteiger partial charge in [-0.05, 0) is 31.3 Å². The van der Waals surface area contributed by atoms with Gasteiger partial charge in [0.25, 0.3) is 0 Å². The van der Waals surface area contributed by atoms with E-state index in [-0.39, 0.29) is 4.90 Å². The lowest BCUT2D eigenvalue weighted by molar-refractivity contribution is -0.154. The predicted octanol–water partition coefficient (Wildman–Crippen LogP) is -0.0271. The Morgan fingerprint density at radius 3 is 2.62 bits per heavy atom. The molecule has 1 atom stereocenters. The molecule has 21 heavy (non-hydrogen) atoms. The van der Waals surface area contributed by atoms with Gasteiger partial charge in [-0.25, -0.2) is 17.9 Å². The number of methoxy groups -OCH3 is 1. The lowest BCUT2D eigenvalue weighted by Gasteiger charge is -2.33. The largest absolute Gasteiger partial charge is 0.467 e. The quantitative estimate of drug-likeness (QED) is 0.786. The Balaban J connectivity index is 2.13. The van der Waals surface area contributed by atoms with Crippen molar-refractivity contribution in [3.63, 3.8) is 0 Å². The number of esters is 1. The molecule has 116 valence electrons. The summed E-state index contributed by atoms with van der Waals surface area (Å²) in [5, 5.41) is 0. The van der Waals surface area contributed by atoms with Crippen LogP contribution in [0.15, 0.2) is 29.2 Å². The fourth-order valence-corrected chi connectivity index (χ4v) is 2.84. The summed E-state index contributed by atoms with van der Waals surface area (Å²) in [6.07, 6.45) is -0.621. The number of morpholine rings is 1. The van der Waals surface area contributed by atoms with Crippen molar-refractivity contribution in [3.05, 3.63) is 24.3 Å². The van der Waals surface area contributed by atoms with Crippen LogP contribution in [0, 0.1) is 0 Å². The number of nitrogens with one attached hydrogen (secondary N) is 1. The Morgan fingerprint density at radius 2 is 2.05 bits per heavy atom. The number of hydrogen-bond donors (Lipinski definition) is 1. The van der Waals surface area contributed by atoms with Crippen LogP contribution < -0.4 is 9.62 Å². The van der Waals surface area contributed by atoms with E-state index in [0.717, 1.165) is 5.69 Å². The summed E-state index contributed by atoms with van der Waals surface area (Å²) in [5.74, 6) is -0.408. The third-order valence-electron chi connectivity index (χ3n) is 3.31. The van der Waals surface area contributed by atoms with Crippen LogP contribution in [0.5, 0.6) is 0 Å². The number of anilines is 1. The molecule has 7 nitrogen and oxygen atoms in total. The molecule has 1 aromatic carbocycles. The zero-order valence-electron chi connectivity index (χ0n) is 11.9. The van der Waals surface area contributed by atoms with Crippen molar-refractivity contribution in [2.45, 2.75) is 11.0 Å². The minimum atomic E-state index is -3.44. The number of benzene rings is 1. The SMILES string of the molecule is CNS(=O)(=O)c1ccc(N2CCOC(C(=O)OC)C2)cc1. The minimum Gasteiger partial charge on any atom is -0.467 e. The van der Waals surface area contributed by atoms with E-state index < -0.39 is 22.1 Å². The number of sulfonamides is 1. The van der Waals surface area contributed by atoms with Gasteiger partial charge in [-0.3, -0.25) is 0 Å². The van der Waals surface area contributed by atoms with Gasteiger partial charge in [0.15, 0.2) is 6.10 Å². The van der Waals surface area contributed by atoms with E-state index in [1.807, 2.05) is 4.90 Å². The summed E-state index contributed by atoms with van der Waals surface area (Å²) in [7, 11) is -0.752. The van der Waals surface area contributed by atoms with Crippen LogP contribution in [-0.2, 0) is 24.3 Å². The molecule has 1 saturated heterocycles. The van der Waals surface area contributed by atoms with Gasteiger partial charge in [0, 0.05) is 12.2 Å². The Morgan fingerprint density at radius 1 is 1.38 bits per heavy atom. The molecule has 1 aliphatic heterocycles. The van der Waals surface area contributed by atoms with Crippen molar-refractivity contribution in [3.8, 4) is 0 Å². The van der Waals surface area contributed by atoms with E-state index in [4.69, 9.17) is 4.74 Å². The average Bonchev–Trinajstić information content (AvgIpc) is 2.54. The number of nitrogens with zero attached hydrogens (tertiary/aromatic N) is 1. The maximum absolute atomic E-state index is 11.7. The van der Waals surface area contributed by atoms with Gasteiger partial charge in [0.2, 0.25) is 10.0 Å². The molecule has 1 unspecified atom stereocenters. The standard InChI is InChI=1S/C13H18N2O5S/c1-14-21(17,18)11-5-3-10(4-6-11)15-7-8-20-12(9-15)13(16)19-2/h3-6,12,14H,7-9H2,1-2H3. The second-order valence-electron chi connectivity index (χ2n) is 4.53. The van der Waals surface area contributed by atoms with E-state index in [1.54, 1.807) is 12.1 Å². The van der Waals surface area contributed by atoms with E-state index >= 15 is 0 Å². The highest BCUT2D eigenvalue weighted by atomic mass is 32.2. The Hall–Kier alpha value is -1.64. The molecule has 0 saturated carbocycles. The van der Waals surface area contributed by atoms with Crippen LogP contribution in [0.1, 0.15) is 0 Å². The number of rotatable bonds is 4. The van der Waals surface area contributed by atoms with Crippen molar-refractivity contribution in [2.75, 3.05) is 38.8 Å². The maximum atomic E-state index is 11.7. The van der Waals surface area contributed by atoms with E-state index in [2.05, 4.69) is 9.46 Å². The summed E-state index contributed by atoms with van der Waals surface area (Å²) in [6.45, 7) is 1.42. The predicted molar refractivity (Wildman–Crippen MR) is 76.7 cm³/mol. The molecule has 0 aliphatic carbocycles. The molecule has 1 N–H and O–H groups in total. The van der Waals surface area contributed by atoms with Crippen molar-refractivity contribution in [1.82, 2.24) is 4.72 Å². The molecular formula is C13H18N2O5S. The highest BCUT2D eigenvalue weighted by Gasteiger charge is 2.27. The number of hydrogen-bond acceptors (Lipinski definition) is 6. The molecule has 1 fully saturated rings. The first-order valence-corrected chi connectivity index (χ1v) is 7.94. The van der Waals surface area contributed by atoms with Crippen LogP contribution in [0.3, 0.4) is 0 Å². The zero-order chi connectivity index (χ0) is 15.5. The van der Waals surface area contributed by atoms with Crippen LogP contribution >= 0.6 is 0 Å². The summed E-state index contributed by atoms with van der Waals surface area (Å²) in [4.78, 5) is 13.7. The van der Waals surface area contributed by atoms with Crippen molar-refractivity contribution in [1.29, 1.82) is 0 Å². The molecule has 8 heteroatoms. The Bertz CT molecular complexity index is 599. The number of ether oxygens (including phenoxy) is 2. The van der Waals surface area contributed by atoms with Gasteiger partial charge >= 0.3 is 5.97 Å². The molecule has 0 spiro atoms. The Labute approximate surface area is 123 Å². The Kier molecular flexibility index (Phi) is 4.81. The third-order valence-corrected chi connectivity index (χ3v) is 4.74. The van der Waals surface area contributed by atoms with Gasteiger partial charge < -0.3 is 14.4 Å². The van der Waals surface area contributed by atoms with Crippen LogP contribution in [-0.4, -0.2) is 54.3 Å². The van der Waals surface area contributed by atoms with Crippen LogP contribution in [0.2, 0.25) is 0 Å². The fraction of sp³-hybridized carbons (Fsp3) is 0.462. The minimum absolute atomic E-state index is 0.200. The second-order valence-corrected chi connectivity index (χ2v) is 6.42. The first kappa shape index (κ1) is 15.7. The van der Waals surface area contributed by atoms with E-state index in [1.165, 1.54) is 26.3 Å². The van der Waals surface area contributed by atoms with Gasteiger partial charge in [-0.1, -0.05) is 0 Å². The lowest BCUT2D eigenvalue weighted by Crippen LogP contribution is -2.46. The maximum Gasteiger partial charge on any atom is 0.336 e. The first-order chi connectivity index (χ1) is 9.97. The topological polar surface area (TPSA) is 84.9 Å². The monoisotopic (exact) mass is 314 g/mol. The van der Waals surface area contributed by atoms with Gasteiger partial charge in [-0.15, -0.1) is 0 Å². The normalized spacial score (nSPS) is 19.3. The first-order valence-electron chi connectivity index (χ1n) is 6.46. The summed E-state index contributed by atoms with van der Waals surface area (Å²) in [6, 6.07) is 6.49. The second kappa shape index (κ2) is 6.42. The zero-order valence-corrected chi connectivity index (χ0v) is 12.7. The molecule has 0 bridgehead atoms. The van der Waals surface area contributed by atoms with Crippen molar-refractivity contribution >= 4 is 21.7 Å². The van der Waals surface area contributed by atoms with Gasteiger partial charge in [0.1, 0.15) is 0 Å². The van der Waals surface area contributed by atoms with Crippen LogP contribution in [0.4, 0.5) is 5.69 Å². The molecular weight excluding hydrogens is 296 g/mol.